The summed E-state index contributed by atoms with van der Waals surface area (Å²) in [6.07, 6.45) is 1.54. The monoisotopic (exact) mass is 258 g/mol. The quantitative estimate of drug-likeness (QED) is 0.595. The highest BCUT2D eigenvalue weighted by atomic mass is 16.6. The van der Waals surface area contributed by atoms with Crippen LogP contribution in [0.2, 0.25) is 0 Å². The van der Waals surface area contributed by atoms with Crippen LogP contribution in [0.1, 0.15) is 5.56 Å². The van der Waals surface area contributed by atoms with Gasteiger partial charge in [-0.15, -0.1) is 0 Å². The van der Waals surface area contributed by atoms with Crippen LogP contribution >= 0.6 is 0 Å². The van der Waals surface area contributed by atoms with Gasteiger partial charge in [-0.25, -0.2) is 0 Å². The van der Waals surface area contributed by atoms with Gasteiger partial charge in [0.15, 0.2) is 11.5 Å². The maximum Gasteiger partial charge on any atom is 0.264 e. The zero-order valence-electron chi connectivity index (χ0n) is 10.8. The number of carbonyl (C=O) groups excluding carboxylic acids is 1. The molecule has 0 aromatic heterocycles. The average Bonchev–Trinajstić information content (AvgIpc) is 2.43. The maximum atomic E-state index is 11.7. The number of carbonyl (C=O) groups is 1. The van der Waals surface area contributed by atoms with Crippen molar-refractivity contribution in [1.29, 1.82) is 5.26 Å². The molecule has 1 aliphatic heterocycles. The molecule has 0 fully saturated rings. The molecule has 1 heterocycles. The molecule has 1 aromatic rings. The number of ether oxygens (including phenoxy) is 2. The summed E-state index contributed by atoms with van der Waals surface area (Å²) < 4.78 is 10.9. The van der Waals surface area contributed by atoms with Gasteiger partial charge >= 0.3 is 0 Å². The van der Waals surface area contributed by atoms with Gasteiger partial charge in [0, 0.05) is 14.1 Å². The van der Waals surface area contributed by atoms with Crippen molar-refractivity contribution in [1.82, 2.24) is 4.90 Å². The molecule has 5 heteroatoms. The summed E-state index contributed by atoms with van der Waals surface area (Å²) in [7, 11) is 3.22. The van der Waals surface area contributed by atoms with Crippen molar-refractivity contribution < 1.29 is 14.3 Å². The largest absolute Gasteiger partial charge is 0.486 e. The van der Waals surface area contributed by atoms with Crippen molar-refractivity contribution in [3.63, 3.8) is 0 Å². The third kappa shape index (κ3) is 2.86. The first-order valence-electron chi connectivity index (χ1n) is 5.85. The van der Waals surface area contributed by atoms with Crippen LogP contribution in [0.15, 0.2) is 23.8 Å². The first-order valence-corrected chi connectivity index (χ1v) is 5.85. The minimum Gasteiger partial charge on any atom is -0.486 e. The molecule has 0 N–H and O–H groups in total. The lowest BCUT2D eigenvalue weighted by Gasteiger charge is -2.18. The Balaban J connectivity index is 2.32. The van der Waals surface area contributed by atoms with Crippen LogP contribution in [0.3, 0.4) is 0 Å². The van der Waals surface area contributed by atoms with E-state index in [2.05, 4.69) is 0 Å². The minimum atomic E-state index is -0.322. The van der Waals surface area contributed by atoms with Crippen LogP contribution in [0, 0.1) is 11.3 Å². The number of fused-ring (bicyclic) bond motifs is 1. The Kier molecular flexibility index (Phi) is 3.71. The predicted molar refractivity (Wildman–Crippen MR) is 69.7 cm³/mol. The smallest absolute Gasteiger partial charge is 0.264 e. The lowest BCUT2D eigenvalue weighted by atomic mass is 10.1. The van der Waals surface area contributed by atoms with Crippen molar-refractivity contribution in [2.75, 3.05) is 27.3 Å². The van der Waals surface area contributed by atoms with Crippen molar-refractivity contribution >= 4 is 12.0 Å². The van der Waals surface area contributed by atoms with Crippen LogP contribution in [-0.2, 0) is 4.79 Å². The lowest BCUT2D eigenvalue weighted by molar-refractivity contribution is -0.124. The average molecular weight is 258 g/mol. The van der Waals surface area contributed by atoms with E-state index in [0.29, 0.717) is 24.7 Å². The number of benzene rings is 1. The molecule has 0 spiro atoms. The van der Waals surface area contributed by atoms with E-state index >= 15 is 0 Å². The summed E-state index contributed by atoms with van der Waals surface area (Å²) in [6, 6.07) is 7.23. The molecule has 5 nitrogen and oxygen atoms in total. The fourth-order valence-corrected chi connectivity index (χ4v) is 1.70. The Hall–Kier alpha value is -2.48. The van der Waals surface area contributed by atoms with Gasteiger partial charge in [0.1, 0.15) is 24.9 Å². The summed E-state index contributed by atoms with van der Waals surface area (Å²) in [4.78, 5) is 13.1. The highest BCUT2D eigenvalue weighted by molar-refractivity contribution is 6.01. The van der Waals surface area contributed by atoms with Gasteiger partial charge in [-0.05, 0) is 23.8 Å². The van der Waals surface area contributed by atoms with Crippen LogP contribution in [0.25, 0.3) is 6.08 Å². The summed E-state index contributed by atoms with van der Waals surface area (Å²) in [5.41, 5.74) is 0.817. The highest BCUT2D eigenvalue weighted by Gasteiger charge is 2.14. The molecule has 0 unspecified atom stereocenters. The molecule has 98 valence electrons. The molecule has 1 amide bonds. The van der Waals surface area contributed by atoms with E-state index in [-0.39, 0.29) is 11.5 Å². The number of hydrogen-bond acceptors (Lipinski definition) is 4. The normalized spacial score (nSPS) is 13.6. The van der Waals surface area contributed by atoms with Crippen molar-refractivity contribution in [3.8, 4) is 17.6 Å². The third-order valence-corrected chi connectivity index (χ3v) is 2.63. The molecule has 1 aromatic carbocycles. The molecule has 0 atom stereocenters. The van der Waals surface area contributed by atoms with Crippen LogP contribution in [0.5, 0.6) is 11.5 Å². The number of nitrogens with zero attached hydrogens (tertiary/aromatic N) is 2. The second kappa shape index (κ2) is 5.44. The lowest BCUT2D eigenvalue weighted by Crippen LogP contribution is -2.22. The SMILES string of the molecule is CN(C)C(=O)/C(C#N)=C\c1ccc2c(c1)OCCO2. The summed E-state index contributed by atoms with van der Waals surface area (Å²) in [5, 5.41) is 9.02. The van der Waals surface area contributed by atoms with E-state index in [9.17, 15) is 4.79 Å². The van der Waals surface area contributed by atoms with Gasteiger partial charge in [-0.1, -0.05) is 6.07 Å². The molecule has 2 rings (SSSR count). The Morgan fingerprint density at radius 2 is 2.00 bits per heavy atom. The fraction of sp³-hybridized carbons (Fsp3) is 0.286. The van der Waals surface area contributed by atoms with E-state index in [0.717, 1.165) is 5.56 Å². The van der Waals surface area contributed by atoms with E-state index in [1.807, 2.05) is 6.07 Å². The molecule has 0 radical (unpaired) electrons. The van der Waals surface area contributed by atoms with Gasteiger partial charge in [0.25, 0.3) is 5.91 Å². The number of amides is 1. The molecular weight excluding hydrogens is 244 g/mol. The maximum absolute atomic E-state index is 11.7. The topological polar surface area (TPSA) is 62.6 Å². The summed E-state index contributed by atoms with van der Waals surface area (Å²) in [6.45, 7) is 1.03. The van der Waals surface area contributed by atoms with E-state index < -0.39 is 0 Å². The first kappa shape index (κ1) is 13.0. The first-order chi connectivity index (χ1) is 9.11. The number of rotatable bonds is 2. The van der Waals surface area contributed by atoms with Crippen LogP contribution in [0.4, 0.5) is 0 Å². The predicted octanol–water partition coefficient (Wildman–Crippen LogP) is 1.45. The molecule has 0 bridgehead atoms. The number of nitriles is 1. The molecule has 19 heavy (non-hydrogen) atoms. The van der Waals surface area contributed by atoms with Gasteiger partial charge in [-0.3, -0.25) is 4.79 Å². The van der Waals surface area contributed by atoms with Gasteiger partial charge in [0.2, 0.25) is 0 Å². The standard InChI is InChI=1S/C14H14N2O3/c1-16(2)14(17)11(9-15)7-10-3-4-12-13(8-10)19-6-5-18-12/h3-4,7-8H,5-6H2,1-2H3/b11-7-. The van der Waals surface area contributed by atoms with Crippen molar-refractivity contribution in [3.05, 3.63) is 29.3 Å². The highest BCUT2D eigenvalue weighted by Crippen LogP contribution is 2.31. The van der Waals surface area contributed by atoms with Gasteiger partial charge < -0.3 is 14.4 Å². The third-order valence-electron chi connectivity index (χ3n) is 2.63. The zero-order chi connectivity index (χ0) is 13.8. The molecule has 1 aliphatic rings. The number of likely N-dealkylation sites (N-methyl/N-ethyl adjacent to an activating group) is 1. The number of hydrogen-bond donors (Lipinski definition) is 0. The van der Waals surface area contributed by atoms with Gasteiger partial charge in [0.05, 0.1) is 0 Å². The fourth-order valence-electron chi connectivity index (χ4n) is 1.70. The van der Waals surface area contributed by atoms with E-state index in [1.165, 1.54) is 4.90 Å². The summed E-state index contributed by atoms with van der Waals surface area (Å²) >= 11 is 0. The van der Waals surface area contributed by atoms with Crippen LogP contribution < -0.4 is 9.47 Å². The zero-order valence-corrected chi connectivity index (χ0v) is 10.8. The molecule has 0 saturated carbocycles. The second-order valence-corrected chi connectivity index (χ2v) is 4.27. The van der Waals surface area contributed by atoms with Crippen molar-refractivity contribution in [2.45, 2.75) is 0 Å². The molecule has 0 saturated heterocycles. The Morgan fingerprint density at radius 3 is 2.63 bits per heavy atom. The Labute approximate surface area is 111 Å². The van der Waals surface area contributed by atoms with Gasteiger partial charge in [-0.2, -0.15) is 5.26 Å². The Morgan fingerprint density at radius 1 is 1.32 bits per heavy atom. The van der Waals surface area contributed by atoms with E-state index in [1.54, 1.807) is 38.4 Å². The summed E-state index contributed by atoms with van der Waals surface area (Å²) in [5.74, 6) is 0.993. The molecule has 0 aliphatic carbocycles. The second-order valence-electron chi connectivity index (χ2n) is 4.27. The molecular formula is C14H14N2O3. The van der Waals surface area contributed by atoms with E-state index in [4.69, 9.17) is 14.7 Å². The van der Waals surface area contributed by atoms with Crippen LogP contribution in [-0.4, -0.2) is 38.1 Å². The Bertz CT molecular complexity index is 571. The van der Waals surface area contributed by atoms with Crippen molar-refractivity contribution in [2.24, 2.45) is 0 Å². The minimum absolute atomic E-state index is 0.0849.